The van der Waals surface area contributed by atoms with Crippen molar-refractivity contribution in [1.29, 1.82) is 0 Å². The molecule has 0 saturated heterocycles. The molecule has 5 heteroatoms. The summed E-state index contributed by atoms with van der Waals surface area (Å²) >= 11 is 0. The fraction of sp³-hybridized carbons (Fsp3) is 0.667. The molecule has 0 fully saturated rings. The van der Waals surface area contributed by atoms with Crippen molar-refractivity contribution in [2.75, 3.05) is 7.11 Å². The first kappa shape index (κ1) is 17.1. The van der Waals surface area contributed by atoms with Crippen molar-refractivity contribution in [1.82, 2.24) is 0 Å². The number of carbonyl (C=O) groups excluding carboxylic acids is 2. The van der Waals surface area contributed by atoms with Gasteiger partial charge in [0.1, 0.15) is 13.1 Å². The second-order valence-electron chi connectivity index (χ2n) is 1.75. The number of aldehydes is 1. The molecule has 11 heavy (non-hydrogen) atoms. The summed E-state index contributed by atoms with van der Waals surface area (Å²) in [4.78, 5) is 17.7. The topological polar surface area (TPSA) is 63.6 Å². The van der Waals surface area contributed by atoms with E-state index in [1.54, 1.807) is 0 Å². The largest absolute Gasteiger partial charge is 0.365 e. The van der Waals surface area contributed by atoms with Gasteiger partial charge in [-0.15, -0.1) is 0 Å². The molecule has 1 N–H and O–H groups in total. The molecule has 0 aromatic carbocycles. The Morgan fingerprint density at radius 2 is 2.00 bits per heavy atom. The standard InChI is InChI=1S/C5H10O3.CH2O.V/c1-5(7,8-2)3-4-6;1-2;/h4,7H,3H2,1-2H3;1H2;. The zero-order chi connectivity index (χ0) is 8.62. The predicted molar refractivity (Wildman–Crippen MR) is 35.4 cm³/mol. The van der Waals surface area contributed by atoms with E-state index in [1.165, 1.54) is 14.0 Å². The predicted octanol–water partition coefficient (Wildman–Crippen LogP) is -0.257. The van der Waals surface area contributed by atoms with Gasteiger partial charge in [0.2, 0.25) is 0 Å². The molecule has 0 aromatic rings. The van der Waals surface area contributed by atoms with Gasteiger partial charge in [-0.1, -0.05) is 0 Å². The van der Waals surface area contributed by atoms with Crippen LogP contribution in [0.15, 0.2) is 0 Å². The van der Waals surface area contributed by atoms with Crippen molar-refractivity contribution in [3.05, 3.63) is 0 Å². The molecule has 0 saturated carbocycles. The Balaban J connectivity index is -0.000000196. The van der Waals surface area contributed by atoms with E-state index in [4.69, 9.17) is 9.90 Å². The minimum Gasteiger partial charge on any atom is -0.365 e. The number of aliphatic hydroxyl groups is 1. The minimum atomic E-state index is -1.28. The molecule has 0 aliphatic heterocycles. The van der Waals surface area contributed by atoms with Crippen LogP contribution in [0.1, 0.15) is 13.3 Å². The third kappa shape index (κ3) is 12.9. The summed E-state index contributed by atoms with van der Waals surface area (Å²) in [5, 5.41) is 8.87. The average Bonchev–Trinajstić information content (AvgIpc) is 1.93. The summed E-state index contributed by atoms with van der Waals surface area (Å²) in [6.07, 6.45) is 0.632. The molecule has 0 bridgehead atoms. The molecule has 0 aliphatic rings. The van der Waals surface area contributed by atoms with Crippen LogP contribution in [0, 0.1) is 0 Å². The number of rotatable bonds is 3. The van der Waals surface area contributed by atoms with Crippen LogP contribution in [-0.4, -0.2) is 31.1 Å². The number of ether oxygens (including phenoxy) is 1. The molecule has 0 aliphatic carbocycles. The number of hydrogen-bond donors (Lipinski definition) is 1. The van der Waals surface area contributed by atoms with Gasteiger partial charge >= 0.3 is 0 Å². The maximum absolute atomic E-state index is 9.74. The fourth-order valence-corrected chi connectivity index (χ4v) is 0.238. The minimum absolute atomic E-state index is 0. The molecule has 0 heterocycles. The van der Waals surface area contributed by atoms with Crippen LogP contribution in [0.2, 0.25) is 0 Å². The third-order valence-corrected chi connectivity index (χ3v) is 0.902. The van der Waals surface area contributed by atoms with E-state index in [9.17, 15) is 4.79 Å². The summed E-state index contributed by atoms with van der Waals surface area (Å²) < 4.78 is 4.50. The van der Waals surface area contributed by atoms with Crippen LogP contribution in [0.5, 0.6) is 0 Å². The van der Waals surface area contributed by atoms with Gasteiger partial charge in [0.25, 0.3) is 0 Å². The first-order valence-electron chi connectivity index (χ1n) is 2.62. The summed E-state index contributed by atoms with van der Waals surface area (Å²) in [5.41, 5.74) is 0. The van der Waals surface area contributed by atoms with Crippen LogP contribution in [0.3, 0.4) is 0 Å². The van der Waals surface area contributed by atoms with Gasteiger partial charge in [-0.3, -0.25) is 0 Å². The van der Waals surface area contributed by atoms with Crippen molar-refractivity contribution in [3.63, 3.8) is 0 Å². The van der Waals surface area contributed by atoms with Crippen molar-refractivity contribution < 1.29 is 38.0 Å². The Labute approximate surface area is 77.8 Å². The Morgan fingerprint density at radius 3 is 2.09 bits per heavy atom. The second-order valence-corrected chi connectivity index (χ2v) is 1.75. The normalized spacial score (nSPS) is 13.0. The average molecular weight is 199 g/mol. The molecule has 0 amide bonds. The van der Waals surface area contributed by atoms with Crippen molar-refractivity contribution >= 4 is 13.1 Å². The van der Waals surface area contributed by atoms with E-state index in [2.05, 4.69) is 4.74 Å². The number of carbonyl (C=O) groups is 2. The van der Waals surface area contributed by atoms with E-state index in [1.807, 2.05) is 6.79 Å². The Hall–Kier alpha value is -0.156. The Bertz CT molecular complexity index is 94.6. The summed E-state index contributed by atoms with van der Waals surface area (Å²) in [6.45, 7) is 3.43. The molecule has 0 spiro atoms. The second kappa shape index (κ2) is 9.84. The zero-order valence-corrected chi connectivity index (χ0v) is 8.01. The quantitative estimate of drug-likeness (QED) is 0.502. The van der Waals surface area contributed by atoms with Gasteiger partial charge in [0.05, 0.1) is 6.42 Å². The van der Waals surface area contributed by atoms with Crippen molar-refractivity contribution in [2.24, 2.45) is 0 Å². The number of hydrogen-bond acceptors (Lipinski definition) is 4. The van der Waals surface area contributed by atoms with Gasteiger partial charge in [-0.25, -0.2) is 0 Å². The number of methoxy groups -OCH3 is 1. The molecule has 0 rings (SSSR count). The molecule has 1 atom stereocenters. The zero-order valence-electron chi connectivity index (χ0n) is 6.61. The molecule has 0 aromatic heterocycles. The van der Waals surface area contributed by atoms with E-state index in [0.717, 1.165) is 0 Å². The van der Waals surface area contributed by atoms with Crippen molar-refractivity contribution in [2.45, 2.75) is 19.1 Å². The van der Waals surface area contributed by atoms with Crippen LogP contribution in [0.25, 0.3) is 0 Å². The maximum atomic E-state index is 9.74. The SMILES string of the molecule is C=O.COC(C)(O)CC=O.[V]. The molecule has 1 unspecified atom stereocenters. The van der Waals surface area contributed by atoms with Crippen LogP contribution in [-0.2, 0) is 32.9 Å². The van der Waals surface area contributed by atoms with Gasteiger partial charge in [0.15, 0.2) is 5.79 Å². The molecular formula is C6H12O4V. The maximum Gasteiger partial charge on any atom is 0.168 e. The molecule has 1 radical (unpaired) electrons. The van der Waals surface area contributed by atoms with Gasteiger partial charge < -0.3 is 19.4 Å². The van der Waals surface area contributed by atoms with Crippen molar-refractivity contribution in [3.8, 4) is 0 Å². The summed E-state index contributed by atoms with van der Waals surface area (Å²) in [6, 6.07) is 0. The van der Waals surface area contributed by atoms with Crippen LogP contribution >= 0.6 is 0 Å². The van der Waals surface area contributed by atoms with Gasteiger partial charge in [0, 0.05) is 25.7 Å². The van der Waals surface area contributed by atoms with Gasteiger partial charge in [-0.2, -0.15) is 0 Å². The summed E-state index contributed by atoms with van der Waals surface area (Å²) in [7, 11) is 1.35. The Morgan fingerprint density at radius 1 is 1.64 bits per heavy atom. The molecular weight excluding hydrogens is 187 g/mol. The molecule has 4 nitrogen and oxygen atoms in total. The Kier molecular flexibility index (Phi) is 15.3. The first-order valence-corrected chi connectivity index (χ1v) is 2.62. The van der Waals surface area contributed by atoms with E-state index >= 15 is 0 Å². The fourth-order valence-electron chi connectivity index (χ4n) is 0.238. The first-order chi connectivity index (χ1) is 4.62. The third-order valence-electron chi connectivity index (χ3n) is 0.902. The monoisotopic (exact) mass is 199 g/mol. The van der Waals surface area contributed by atoms with Crippen LogP contribution < -0.4 is 0 Å². The molecule has 65 valence electrons. The van der Waals surface area contributed by atoms with Gasteiger partial charge in [-0.05, 0) is 6.92 Å². The summed E-state index contributed by atoms with van der Waals surface area (Å²) in [5.74, 6) is -1.28. The smallest absolute Gasteiger partial charge is 0.168 e. The van der Waals surface area contributed by atoms with E-state index < -0.39 is 5.79 Å². The van der Waals surface area contributed by atoms with E-state index in [0.29, 0.717) is 6.29 Å². The van der Waals surface area contributed by atoms with E-state index in [-0.39, 0.29) is 25.0 Å². The van der Waals surface area contributed by atoms with Crippen LogP contribution in [0.4, 0.5) is 0 Å².